The first-order valence-corrected chi connectivity index (χ1v) is 3.33. The fraction of sp³-hybridized carbons (Fsp3) is 0.143. The first-order chi connectivity index (χ1) is 6.41. The van der Waals surface area contributed by atoms with Gasteiger partial charge in [-0.15, -0.1) is 0 Å². The van der Waals surface area contributed by atoms with Gasteiger partial charge >= 0.3 is 6.18 Å². The molecule has 0 saturated heterocycles. The van der Waals surface area contributed by atoms with Gasteiger partial charge in [-0.2, -0.15) is 18.3 Å². The highest BCUT2D eigenvalue weighted by molar-refractivity contribution is 5.92. The molecule has 0 aromatic carbocycles. The van der Waals surface area contributed by atoms with E-state index < -0.39 is 23.3 Å². The first-order valence-electron chi connectivity index (χ1n) is 3.33. The van der Waals surface area contributed by atoms with Crippen molar-refractivity contribution in [3.8, 4) is 11.8 Å². The number of carbonyl (C=O) groups is 1. The van der Waals surface area contributed by atoms with E-state index >= 15 is 0 Å². The van der Waals surface area contributed by atoms with Crippen molar-refractivity contribution in [3.05, 3.63) is 17.5 Å². The van der Waals surface area contributed by atoms with Crippen LogP contribution in [0.1, 0.15) is 11.3 Å². The Morgan fingerprint density at radius 3 is 2.71 bits per heavy atom. The SMILES string of the molecule is NC(=O)C#Cc1cn[nH]c1C(F)(F)F. The number of nitrogens with zero attached hydrogens (tertiary/aromatic N) is 1. The lowest BCUT2D eigenvalue weighted by atomic mass is 10.2. The molecule has 0 aliphatic rings. The van der Waals surface area contributed by atoms with Crippen LogP contribution in [0.3, 0.4) is 0 Å². The zero-order valence-corrected chi connectivity index (χ0v) is 6.64. The fourth-order valence-corrected chi connectivity index (χ4v) is 0.726. The molecule has 14 heavy (non-hydrogen) atoms. The van der Waals surface area contributed by atoms with Crippen molar-refractivity contribution in [2.24, 2.45) is 5.73 Å². The lowest BCUT2D eigenvalue weighted by molar-refractivity contribution is -0.141. The summed E-state index contributed by atoms with van der Waals surface area (Å²) >= 11 is 0. The maximum Gasteiger partial charge on any atom is 0.434 e. The number of H-pyrrole nitrogens is 1. The molecule has 0 fully saturated rings. The minimum absolute atomic E-state index is 0.406. The minimum Gasteiger partial charge on any atom is -0.359 e. The molecule has 0 aliphatic carbocycles. The number of amides is 1. The van der Waals surface area contributed by atoms with Crippen molar-refractivity contribution >= 4 is 5.91 Å². The van der Waals surface area contributed by atoms with Gasteiger partial charge in [0.1, 0.15) is 0 Å². The third-order valence-electron chi connectivity index (χ3n) is 1.24. The van der Waals surface area contributed by atoms with Gasteiger partial charge in [0.15, 0.2) is 5.69 Å². The van der Waals surface area contributed by atoms with Crippen molar-refractivity contribution < 1.29 is 18.0 Å². The van der Waals surface area contributed by atoms with Gasteiger partial charge in [0, 0.05) is 5.92 Å². The normalized spacial score (nSPS) is 10.5. The van der Waals surface area contributed by atoms with Gasteiger partial charge in [-0.25, -0.2) is 0 Å². The number of hydrogen-bond donors (Lipinski definition) is 2. The molecule has 0 spiro atoms. The van der Waals surface area contributed by atoms with Gasteiger partial charge in [0.2, 0.25) is 0 Å². The van der Waals surface area contributed by atoms with Crippen molar-refractivity contribution in [2.45, 2.75) is 6.18 Å². The Hall–Kier alpha value is -1.97. The number of aromatic amines is 1. The minimum atomic E-state index is -4.57. The molecule has 1 amide bonds. The second-order valence-electron chi connectivity index (χ2n) is 2.27. The van der Waals surface area contributed by atoms with E-state index in [0.717, 1.165) is 6.20 Å². The van der Waals surface area contributed by atoms with Gasteiger partial charge in [0.05, 0.1) is 11.8 Å². The van der Waals surface area contributed by atoms with Crippen LogP contribution in [0.2, 0.25) is 0 Å². The summed E-state index contributed by atoms with van der Waals surface area (Å²) in [4.78, 5) is 10.2. The number of aromatic nitrogens is 2. The van der Waals surface area contributed by atoms with E-state index in [1.165, 1.54) is 0 Å². The molecule has 0 aliphatic heterocycles. The fourth-order valence-electron chi connectivity index (χ4n) is 0.726. The monoisotopic (exact) mass is 203 g/mol. The van der Waals surface area contributed by atoms with E-state index in [1.807, 2.05) is 5.92 Å². The van der Waals surface area contributed by atoms with E-state index in [9.17, 15) is 18.0 Å². The molecule has 0 atom stereocenters. The summed E-state index contributed by atoms with van der Waals surface area (Å²) < 4.78 is 36.5. The summed E-state index contributed by atoms with van der Waals surface area (Å²) in [6, 6.07) is 0. The maximum absolute atomic E-state index is 12.2. The lowest BCUT2D eigenvalue weighted by Crippen LogP contribution is -2.09. The molecule has 1 aromatic heterocycles. The molecule has 7 heteroatoms. The van der Waals surface area contributed by atoms with Gasteiger partial charge in [-0.3, -0.25) is 9.89 Å². The van der Waals surface area contributed by atoms with Crippen LogP contribution in [0.25, 0.3) is 0 Å². The average Bonchev–Trinajstić information content (AvgIpc) is 2.46. The average molecular weight is 203 g/mol. The molecule has 0 unspecified atom stereocenters. The summed E-state index contributed by atoms with van der Waals surface area (Å²) in [6.07, 6.45) is -3.70. The van der Waals surface area contributed by atoms with E-state index in [4.69, 9.17) is 0 Å². The number of hydrogen-bond acceptors (Lipinski definition) is 2. The Bertz CT molecular complexity index is 410. The topological polar surface area (TPSA) is 71.8 Å². The Labute approximate surface area is 76.3 Å². The van der Waals surface area contributed by atoms with E-state index in [2.05, 4.69) is 10.8 Å². The maximum atomic E-state index is 12.2. The van der Waals surface area contributed by atoms with Crippen LogP contribution in [0, 0.1) is 11.8 Å². The quantitative estimate of drug-likeness (QED) is 0.594. The highest BCUT2D eigenvalue weighted by Gasteiger charge is 2.35. The largest absolute Gasteiger partial charge is 0.434 e. The number of primary amides is 1. The highest BCUT2D eigenvalue weighted by Crippen LogP contribution is 2.29. The van der Waals surface area contributed by atoms with Crippen LogP contribution in [-0.4, -0.2) is 16.1 Å². The molecule has 1 rings (SSSR count). The van der Waals surface area contributed by atoms with Crippen molar-refractivity contribution in [2.75, 3.05) is 0 Å². The van der Waals surface area contributed by atoms with Crippen LogP contribution in [0.4, 0.5) is 13.2 Å². The molecule has 74 valence electrons. The Balaban J connectivity index is 3.08. The summed E-state index contributed by atoms with van der Waals surface area (Å²) in [7, 11) is 0. The van der Waals surface area contributed by atoms with Crippen molar-refractivity contribution in [1.29, 1.82) is 0 Å². The van der Waals surface area contributed by atoms with E-state index in [1.54, 1.807) is 11.0 Å². The van der Waals surface area contributed by atoms with Crippen LogP contribution >= 0.6 is 0 Å². The Kier molecular flexibility index (Phi) is 2.47. The van der Waals surface area contributed by atoms with Crippen molar-refractivity contribution in [1.82, 2.24) is 10.2 Å². The Morgan fingerprint density at radius 2 is 2.21 bits per heavy atom. The van der Waals surface area contributed by atoms with Gasteiger partial charge in [-0.1, -0.05) is 5.92 Å². The number of nitrogens with one attached hydrogen (secondary N) is 1. The predicted octanol–water partition coefficient (Wildman–Crippen LogP) is 0.265. The summed E-state index contributed by atoms with van der Waals surface area (Å²) in [5.41, 5.74) is 3.15. The molecular formula is C7H4F3N3O. The third-order valence-corrected chi connectivity index (χ3v) is 1.24. The molecule has 3 N–H and O–H groups in total. The summed E-state index contributed by atoms with van der Waals surface area (Å²) in [5.74, 6) is 2.75. The van der Waals surface area contributed by atoms with E-state index in [-0.39, 0.29) is 0 Å². The molecule has 0 bridgehead atoms. The van der Waals surface area contributed by atoms with Gasteiger partial charge in [-0.05, 0) is 0 Å². The highest BCUT2D eigenvalue weighted by atomic mass is 19.4. The number of rotatable bonds is 0. The lowest BCUT2D eigenvalue weighted by Gasteiger charge is -2.02. The molecule has 0 saturated carbocycles. The molecule has 1 aromatic rings. The summed E-state index contributed by atoms with van der Waals surface area (Å²) in [5, 5.41) is 4.91. The van der Waals surface area contributed by atoms with Crippen LogP contribution in [0.15, 0.2) is 6.20 Å². The van der Waals surface area contributed by atoms with Crippen LogP contribution < -0.4 is 5.73 Å². The number of carbonyl (C=O) groups excluding carboxylic acids is 1. The Morgan fingerprint density at radius 1 is 1.57 bits per heavy atom. The molecule has 0 radical (unpaired) electrons. The number of halogens is 3. The van der Waals surface area contributed by atoms with Gasteiger partial charge in [0.25, 0.3) is 5.91 Å². The second-order valence-corrected chi connectivity index (χ2v) is 2.27. The van der Waals surface area contributed by atoms with Gasteiger partial charge < -0.3 is 5.73 Å². The molecule has 1 heterocycles. The summed E-state index contributed by atoms with van der Waals surface area (Å²) in [6.45, 7) is 0. The first kappa shape index (κ1) is 10.1. The zero-order chi connectivity index (χ0) is 10.8. The number of alkyl halides is 3. The van der Waals surface area contributed by atoms with E-state index in [0.29, 0.717) is 0 Å². The third kappa shape index (κ3) is 2.26. The molecular weight excluding hydrogens is 199 g/mol. The number of nitrogens with two attached hydrogens (primary N) is 1. The standard InChI is InChI=1S/C7H4F3N3O/c8-7(9,10)6-4(3-12-13-6)1-2-5(11)14/h3H,(H2,11,14)(H,12,13). The molecule has 4 nitrogen and oxygen atoms in total. The van der Waals surface area contributed by atoms with Crippen LogP contribution in [0.5, 0.6) is 0 Å². The second kappa shape index (κ2) is 3.41. The smallest absolute Gasteiger partial charge is 0.359 e. The van der Waals surface area contributed by atoms with Crippen LogP contribution in [-0.2, 0) is 11.0 Å². The zero-order valence-electron chi connectivity index (χ0n) is 6.64. The van der Waals surface area contributed by atoms with Crippen molar-refractivity contribution in [3.63, 3.8) is 0 Å². The predicted molar refractivity (Wildman–Crippen MR) is 39.7 cm³/mol.